The van der Waals surface area contributed by atoms with E-state index in [1.54, 1.807) is 6.92 Å². The van der Waals surface area contributed by atoms with Crippen LogP contribution in [0.2, 0.25) is 0 Å². The molecule has 1 aliphatic carbocycles. The van der Waals surface area contributed by atoms with Crippen molar-refractivity contribution in [2.45, 2.75) is 55.9 Å². The quantitative estimate of drug-likeness (QED) is 0.462. The molecule has 0 aromatic heterocycles. The van der Waals surface area contributed by atoms with Crippen LogP contribution >= 0.6 is 0 Å². The van der Waals surface area contributed by atoms with Crippen LogP contribution < -0.4 is 23.7 Å². The first-order valence-corrected chi connectivity index (χ1v) is 14.2. The number of hydrogen-bond donors (Lipinski definition) is 2. The number of esters is 1. The van der Waals surface area contributed by atoms with Crippen LogP contribution in [0.25, 0.3) is 0 Å². The van der Waals surface area contributed by atoms with Crippen LogP contribution in [-0.2, 0) is 28.5 Å². The molecule has 7 rings (SSSR count). The van der Waals surface area contributed by atoms with Gasteiger partial charge in [0.15, 0.2) is 35.6 Å². The van der Waals surface area contributed by atoms with Gasteiger partial charge in [0.05, 0.1) is 46.6 Å². The molecule has 0 radical (unpaired) electrons. The van der Waals surface area contributed by atoms with E-state index < -0.39 is 66.8 Å². The molecule has 13 nitrogen and oxygen atoms in total. The second-order valence-corrected chi connectivity index (χ2v) is 11.2. The maximum Gasteiger partial charge on any atom is 0.310 e. The zero-order chi connectivity index (χ0) is 30.0. The molecule has 4 aliphatic heterocycles. The van der Waals surface area contributed by atoms with Crippen molar-refractivity contribution < 1.29 is 62.4 Å². The average Bonchev–Trinajstić information content (AvgIpc) is 3.64. The highest BCUT2D eigenvalue weighted by molar-refractivity contribution is 5.79. The van der Waals surface area contributed by atoms with Crippen molar-refractivity contribution in [1.82, 2.24) is 0 Å². The molecule has 0 bridgehead atoms. The van der Waals surface area contributed by atoms with Crippen LogP contribution in [0.3, 0.4) is 0 Å². The molecule has 2 aromatic carbocycles. The molecule has 4 heterocycles. The number of hydrogen-bond acceptors (Lipinski definition) is 13. The van der Waals surface area contributed by atoms with Crippen LogP contribution in [0.4, 0.5) is 0 Å². The summed E-state index contributed by atoms with van der Waals surface area (Å²) in [5, 5.41) is 22.0. The van der Waals surface area contributed by atoms with Gasteiger partial charge in [-0.05, 0) is 47.9 Å². The number of rotatable bonds is 6. The Kier molecular flexibility index (Phi) is 7.27. The second kappa shape index (κ2) is 11.0. The number of benzene rings is 2. The minimum Gasteiger partial charge on any atom is -0.493 e. The molecule has 2 aromatic rings. The Labute approximate surface area is 247 Å². The lowest BCUT2D eigenvalue weighted by Crippen LogP contribution is -2.63. The van der Waals surface area contributed by atoms with Gasteiger partial charge in [0, 0.05) is 11.8 Å². The summed E-state index contributed by atoms with van der Waals surface area (Å²) in [5.74, 6) is 0.289. The second-order valence-electron chi connectivity index (χ2n) is 11.2. The maximum absolute atomic E-state index is 13.5. The van der Waals surface area contributed by atoms with Crippen molar-refractivity contribution in [3.63, 3.8) is 0 Å². The third-order valence-electron chi connectivity index (χ3n) is 8.93. The maximum atomic E-state index is 13.5. The first-order valence-electron chi connectivity index (χ1n) is 14.2. The predicted octanol–water partition coefficient (Wildman–Crippen LogP) is 1.64. The fourth-order valence-electron chi connectivity index (χ4n) is 6.92. The Bertz CT molecular complexity index is 1370. The molecule has 43 heavy (non-hydrogen) atoms. The van der Waals surface area contributed by atoms with E-state index in [9.17, 15) is 15.0 Å². The Hall–Kier alpha value is -3.33. The lowest BCUT2D eigenvalue weighted by molar-refractivity contribution is -0.364. The van der Waals surface area contributed by atoms with E-state index in [0.717, 1.165) is 11.1 Å². The molecule has 3 saturated heterocycles. The lowest BCUT2D eigenvalue weighted by atomic mass is 9.66. The van der Waals surface area contributed by atoms with E-state index in [1.165, 1.54) is 21.3 Å². The third kappa shape index (κ3) is 4.57. The largest absolute Gasteiger partial charge is 0.493 e. The molecule has 232 valence electrons. The monoisotopic (exact) mass is 602 g/mol. The molecule has 0 spiro atoms. The minimum atomic E-state index is -1.42. The number of aliphatic hydroxyl groups is 2. The van der Waals surface area contributed by atoms with Gasteiger partial charge in [0.2, 0.25) is 12.5 Å². The third-order valence-corrected chi connectivity index (χ3v) is 8.93. The van der Waals surface area contributed by atoms with E-state index in [1.807, 2.05) is 24.3 Å². The van der Waals surface area contributed by atoms with Crippen molar-refractivity contribution in [2.75, 3.05) is 41.3 Å². The fraction of sp³-hybridized carbons (Fsp3) is 0.567. The van der Waals surface area contributed by atoms with Crippen LogP contribution in [0, 0.1) is 11.8 Å². The number of carbonyl (C=O) groups excluding carboxylic acids is 1. The first kappa shape index (κ1) is 28.4. The van der Waals surface area contributed by atoms with Gasteiger partial charge < -0.3 is 57.6 Å². The number of methoxy groups -OCH3 is 3. The fourth-order valence-corrected chi connectivity index (χ4v) is 6.92. The summed E-state index contributed by atoms with van der Waals surface area (Å²) in [5.41, 5.74) is 2.19. The zero-order valence-electron chi connectivity index (χ0n) is 24.1. The summed E-state index contributed by atoms with van der Waals surface area (Å²) in [6.07, 6.45) is -6.70. The topological polar surface area (TPSA) is 150 Å². The molecule has 0 saturated carbocycles. The molecular formula is C30H34O13. The molecule has 2 N–H and O–H groups in total. The van der Waals surface area contributed by atoms with Gasteiger partial charge in [-0.1, -0.05) is 0 Å². The van der Waals surface area contributed by atoms with Crippen molar-refractivity contribution in [3.8, 4) is 28.7 Å². The van der Waals surface area contributed by atoms with Gasteiger partial charge in [-0.25, -0.2) is 0 Å². The standard InChI is InChI=1S/C30H34O13/c1-12-37-10-21-28(41-12)24(31)25(32)30(42-21)43-26-15-8-18-17(39-11-40-18)7-14(15)22(23-16(26)9-38-29(23)33)13-5-19(34-2)27(36-4)20(6-13)35-3/h5-8,12,16,21-26,28,30-32H,9-11H2,1-4H3/t12-,16+,21-,22-,23?,24-,25-,26-,28-,30?/m1/s1. The highest BCUT2D eigenvalue weighted by Crippen LogP contribution is 2.57. The minimum absolute atomic E-state index is 0.0473. The summed E-state index contributed by atoms with van der Waals surface area (Å²) in [6, 6.07) is 7.31. The van der Waals surface area contributed by atoms with Crippen molar-refractivity contribution in [3.05, 3.63) is 41.0 Å². The summed E-state index contributed by atoms with van der Waals surface area (Å²) in [6.45, 7) is 1.99. The Morgan fingerprint density at radius 3 is 2.21 bits per heavy atom. The van der Waals surface area contributed by atoms with Gasteiger partial charge in [-0.2, -0.15) is 0 Å². The van der Waals surface area contributed by atoms with Gasteiger partial charge in [-0.15, -0.1) is 0 Å². The Balaban J connectivity index is 1.32. The molecule has 3 fully saturated rings. The zero-order valence-corrected chi connectivity index (χ0v) is 24.1. The van der Waals surface area contributed by atoms with E-state index in [0.29, 0.717) is 34.3 Å². The number of cyclic esters (lactones) is 1. The van der Waals surface area contributed by atoms with Crippen LogP contribution in [0.1, 0.15) is 35.6 Å². The summed E-state index contributed by atoms with van der Waals surface area (Å²) in [4.78, 5) is 13.5. The summed E-state index contributed by atoms with van der Waals surface area (Å²) >= 11 is 0. The number of aliphatic hydroxyl groups excluding tert-OH is 2. The van der Waals surface area contributed by atoms with Gasteiger partial charge >= 0.3 is 5.97 Å². The van der Waals surface area contributed by atoms with E-state index >= 15 is 0 Å². The van der Waals surface area contributed by atoms with Crippen LogP contribution in [0.5, 0.6) is 28.7 Å². The highest BCUT2D eigenvalue weighted by Gasteiger charge is 2.56. The summed E-state index contributed by atoms with van der Waals surface area (Å²) < 4.78 is 57.7. The molecule has 2 unspecified atom stereocenters. The first-order chi connectivity index (χ1) is 20.8. The smallest absolute Gasteiger partial charge is 0.310 e. The van der Waals surface area contributed by atoms with E-state index in [-0.39, 0.29) is 20.0 Å². The molecular weight excluding hydrogens is 568 g/mol. The van der Waals surface area contributed by atoms with Gasteiger partial charge in [0.25, 0.3) is 0 Å². The van der Waals surface area contributed by atoms with Crippen LogP contribution in [-0.4, -0.2) is 94.5 Å². The SMILES string of the molecule is COc1cc([C@@H]2c3cc4c(cc3[C@@H](OC3O[C@@H]5CO[C@@H](C)O[C@H]5[C@H](O)[C@H]3O)[C@H]3COC(=O)C23)OCO4)cc(OC)c1OC. The van der Waals surface area contributed by atoms with Gasteiger partial charge in [0.1, 0.15) is 24.4 Å². The normalized spacial score (nSPS) is 35.8. The van der Waals surface area contributed by atoms with Crippen LogP contribution in [0.15, 0.2) is 24.3 Å². The number of ether oxygens (including phenoxy) is 10. The lowest BCUT2D eigenvalue weighted by Gasteiger charge is -2.47. The number of fused-ring (bicyclic) bond motifs is 4. The predicted molar refractivity (Wildman–Crippen MR) is 143 cm³/mol. The van der Waals surface area contributed by atoms with Crippen molar-refractivity contribution >= 4 is 5.97 Å². The molecule has 0 amide bonds. The average molecular weight is 603 g/mol. The van der Waals surface area contributed by atoms with Crippen molar-refractivity contribution in [1.29, 1.82) is 0 Å². The van der Waals surface area contributed by atoms with E-state index in [2.05, 4.69) is 0 Å². The number of carbonyl (C=O) groups is 1. The van der Waals surface area contributed by atoms with Gasteiger partial charge in [-0.3, -0.25) is 4.79 Å². The Morgan fingerprint density at radius 1 is 0.837 bits per heavy atom. The molecule has 5 aliphatic rings. The van der Waals surface area contributed by atoms with Crippen molar-refractivity contribution in [2.24, 2.45) is 11.8 Å². The Morgan fingerprint density at radius 2 is 1.53 bits per heavy atom. The summed E-state index contributed by atoms with van der Waals surface area (Å²) in [7, 11) is 4.58. The van der Waals surface area contributed by atoms with E-state index in [4.69, 9.17) is 47.4 Å². The molecule has 13 heteroatoms. The highest BCUT2D eigenvalue weighted by atomic mass is 16.8. The molecule has 10 atom stereocenters.